The van der Waals surface area contributed by atoms with Gasteiger partial charge in [0.05, 0.1) is 11.8 Å². The van der Waals surface area contributed by atoms with Crippen molar-refractivity contribution in [2.75, 3.05) is 5.32 Å². The second-order valence-corrected chi connectivity index (χ2v) is 7.88. The van der Waals surface area contributed by atoms with Gasteiger partial charge in [0.1, 0.15) is 10.7 Å². The number of hydrogen-bond donors (Lipinski definition) is 3. The molecule has 0 saturated heterocycles. The summed E-state index contributed by atoms with van der Waals surface area (Å²) in [7, 11) is 0. The third-order valence-electron chi connectivity index (χ3n) is 4.51. The van der Waals surface area contributed by atoms with E-state index < -0.39 is 0 Å². The third kappa shape index (κ3) is 4.71. The lowest BCUT2D eigenvalue weighted by molar-refractivity contribution is -0.117. The zero-order valence-electron chi connectivity index (χ0n) is 15.5. The Hall–Kier alpha value is -2.73. The van der Waals surface area contributed by atoms with Gasteiger partial charge < -0.3 is 15.7 Å². The molecule has 0 radical (unpaired) electrons. The van der Waals surface area contributed by atoms with Gasteiger partial charge in [0, 0.05) is 36.1 Å². The van der Waals surface area contributed by atoms with Gasteiger partial charge in [0.15, 0.2) is 5.78 Å². The highest BCUT2D eigenvalue weighted by molar-refractivity contribution is 7.81. The Morgan fingerprint density at radius 2 is 1.96 bits per heavy atom. The number of pyridine rings is 1. The van der Waals surface area contributed by atoms with Crippen LogP contribution in [0.4, 0.5) is 5.69 Å². The number of carbonyl (C=O) groups excluding carboxylic acids is 1. The Morgan fingerprint density at radius 3 is 2.67 bits per heavy atom. The van der Waals surface area contributed by atoms with Crippen LogP contribution in [0.5, 0.6) is 5.75 Å². The van der Waals surface area contributed by atoms with Gasteiger partial charge in [-0.05, 0) is 30.0 Å². The number of aromatic nitrogens is 1. The van der Waals surface area contributed by atoms with E-state index in [0.29, 0.717) is 29.9 Å². The first kappa shape index (κ1) is 19.0. The van der Waals surface area contributed by atoms with Crippen molar-refractivity contribution in [1.29, 1.82) is 0 Å². The zero-order valence-corrected chi connectivity index (χ0v) is 16.3. The molecule has 0 aliphatic heterocycles. The van der Waals surface area contributed by atoms with Crippen molar-refractivity contribution in [3.63, 3.8) is 0 Å². The van der Waals surface area contributed by atoms with Gasteiger partial charge in [0.2, 0.25) is 0 Å². The molecule has 0 amide bonds. The van der Waals surface area contributed by atoms with Gasteiger partial charge >= 0.3 is 0 Å². The summed E-state index contributed by atoms with van der Waals surface area (Å²) in [5.74, 6) is 0.152. The molecule has 140 valence electrons. The van der Waals surface area contributed by atoms with Gasteiger partial charge in [-0.2, -0.15) is 0 Å². The van der Waals surface area contributed by atoms with Crippen LogP contribution >= 0.6 is 12.2 Å². The summed E-state index contributed by atoms with van der Waals surface area (Å²) in [6.07, 6.45) is 4.19. The molecule has 0 saturated carbocycles. The summed E-state index contributed by atoms with van der Waals surface area (Å²) in [4.78, 5) is 17.2. The molecule has 1 aromatic carbocycles. The van der Waals surface area contributed by atoms with Crippen molar-refractivity contribution in [3.05, 3.63) is 65.6 Å². The van der Waals surface area contributed by atoms with E-state index in [1.54, 1.807) is 12.3 Å². The molecule has 0 spiro atoms. The number of anilines is 1. The molecule has 1 heterocycles. The van der Waals surface area contributed by atoms with Crippen molar-refractivity contribution in [1.82, 2.24) is 10.3 Å². The average Bonchev–Trinajstić information content (AvgIpc) is 2.60. The van der Waals surface area contributed by atoms with E-state index >= 15 is 0 Å². The Kier molecular flexibility index (Phi) is 5.56. The van der Waals surface area contributed by atoms with Gasteiger partial charge in [-0.15, -0.1) is 0 Å². The monoisotopic (exact) mass is 381 g/mol. The Morgan fingerprint density at radius 1 is 1.22 bits per heavy atom. The minimum atomic E-state index is -0.147. The van der Waals surface area contributed by atoms with E-state index in [9.17, 15) is 9.90 Å². The van der Waals surface area contributed by atoms with E-state index in [1.807, 2.05) is 30.3 Å². The maximum Gasteiger partial charge on any atom is 0.168 e. The molecule has 6 heteroatoms. The smallest absolute Gasteiger partial charge is 0.168 e. The van der Waals surface area contributed by atoms with Crippen LogP contribution in [-0.2, 0) is 11.3 Å². The van der Waals surface area contributed by atoms with Crippen LogP contribution < -0.4 is 10.6 Å². The fraction of sp³-hybridized carbons (Fsp3) is 0.286. The Balaban J connectivity index is 1.87. The van der Waals surface area contributed by atoms with Crippen LogP contribution in [0.15, 0.2) is 60.1 Å². The molecule has 0 bridgehead atoms. The molecule has 27 heavy (non-hydrogen) atoms. The van der Waals surface area contributed by atoms with E-state index in [2.05, 4.69) is 29.5 Å². The fourth-order valence-corrected chi connectivity index (χ4v) is 3.57. The van der Waals surface area contributed by atoms with Crippen LogP contribution in [0.2, 0.25) is 0 Å². The maximum atomic E-state index is 12.8. The molecule has 5 nitrogen and oxygen atoms in total. The Labute approximate surface area is 164 Å². The molecule has 0 fully saturated rings. The summed E-state index contributed by atoms with van der Waals surface area (Å²) in [5.41, 5.74) is 2.75. The second-order valence-electron chi connectivity index (χ2n) is 7.47. The normalized spacial score (nSPS) is 16.1. The molecule has 3 N–H and O–H groups in total. The highest BCUT2D eigenvalue weighted by Crippen LogP contribution is 2.36. The summed E-state index contributed by atoms with van der Waals surface area (Å²) < 4.78 is 0. The minimum Gasteiger partial charge on any atom is -0.506 e. The molecule has 0 atom stereocenters. The number of rotatable bonds is 5. The maximum absolute atomic E-state index is 12.8. The van der Waals surface area contributed by atoms with Gasteiger partial charge in [-0.1, -0.05) is 44.3 Å². The van der Waals surface area contributed by atoms with E-state index in [0.717, 1.165) is 16.9 Å². The summed E-state index contributed by atoms with van der Waals surface area (Å²) in [6.45, 7) is 4.53. The topological polar surface area (TPSA) is 74.2 Å². The number of hydrogen-bond acceptors (Lipinski definition) is 5. The largest absolute Gasteiger partial charge is 0.506 e. The fourth-order valence-electron chi connectivity index (χ4n) is 3.22. The van der Waals surface area contributed by atoms with Crippen LogP contribution in [-0.4, -0.2) is 20.9 Å². The molecule has 1 aromatic heterocycles. The second kappa shape index (κ2) is 7.88. The summed E-state index contributed by atoms with van der Waals surface area (Å²) in [5, 5.41) is 16.4. The third-order valence-corrected chi connectivity index (χ3v) is 4.82. The lowest BCUT2D eigenvalue weighted by Gasteiger charge is -2.33. The SMILES string of the molecule is CC1(C)CC(=O)C(C(=S)Nc2ccccc2)=C(NCc2ccncc2O)C1. The Bertz CT molecular complexity index is 891. The molecule has 1 aliphatic rings. The van der Waals surface area contributed by atoms with Crippen molar-refractivity contribution < 1.29 is 9.90 Å². The van der Waals surface area contributed by atoms with Crippen molar-refractivity contribution in [2.24, 2.45) is 5.41 Å². The van der Waals surface area contributed by atoms with E-state index in [4.69, 9.17) is 12.2 Å². The molecular formula is C21H23N3O2S. The lowest BCUT2D eigenvalue weighted by Crippen LogP contribution is -2.35. The molecule has 2 aromatic rings. The van der Waals surface area contributed by atoms with E-state index in [-0.39, 0.29) is 16.9 Å². The highest BCUT2D eigenvalue weighted by Gasteiger charge is 2.34. The molecular weight excluding hydrogens is 358 g/mol. The minimum absolute atomic E-state index is 0.0288. The number of nitrogens with zero attached hydrogens (tertiary/aromatic N) is 1. The first-order valence-corrected chi connectivity index (χ1v) is 9.25. The molecule has 1 aliphatic carbocycles. The van der Waals surface area contributed by atoms with Gasteiger partial charge in [0.25, 0.3) is 0 Å². The predicted octanol–water partition coefficient (Wildman–Crippen LogP) is 3.96. The van der Waals surface area contributed by atoms with Crippen LogP contribution in [0.25, 0.3) is 0 Å². The number of aromatic hydroxyl groups is 1. The average molecular weight is 382 g/mol. The first-order chi connectivity index (χ1) is 12.9. The van der Waals surface area contributed by atoms with E-state index in [1.165, 1.54) is 6.20 Å². The zero-order chi connectivity index (χ0) is 19.4. The van der Waals surface area contributed by atoms with Crippen LogP contribution in [0.3, 0.4) is 0 Å². The summed E-state index contributed by atoms with van der Waals surface area (Å²) >= 11 is 5.55. The first-order valence-electron chi connectivity index (χ1n) is 8.84. The van der Waals surface area contributed by atoms with Crippen molar-refractivity contribution >= 4 is 28.7 Å². The summed E-state index contributed by atoms with van der Waals surface area (Å²) in [6, 6.07) is 11.3. The lowest BCUT2D eigenvalue weighted by atomic mass is 9.75. The molecule has 3 rings (SSSR count). The number of Topliss-reactive ketones (excluding diaryl/α,β-unsaturated/α-hetero) is 1. The quantitative estimate of drug-likeness (QED) is 0.681. The number of allylic oxidation sites excluding steroid dienone is 1. The van der Waals surface area contributed by atoms with Crippen molar-refractivity contribution in [3.8, 4) is 5.75 Å². The number of thiocarbonyl (C=S) groups is 1. The number of carbonyl (C=O) groups is 1. The number of benzene rings is 1. The van der Waals surface area contributed by atoms with Crippen LogP contribution in [0.1, 0.15) is 32.3 Å². The van der Waals surface area contributed by atoms with Gasteiger partial charge in [-0.3, -0.25) is 9.78 Å². The number of nitrogens with one attached hydrogen (secondary N) is 2. The van der Waals surface area contributed by atoms with Gasteiger partial charge in [-0.25, -0.2) is 0 Å². The standard InChI is InChI=1S/C21H23N3O2S/c1-21(2)10-16(23-12-14-8-9-22-13-18(14)26)19(17(25)11-21)20(27)24-15-6-4-3-5-7-15/h3-9,13,23,26H,10-12H2,1-2H3,(H,24,27). The molecule has 0 unspecified atom stereocenters. The van der Waals surface area contributed by atoms with Crippen molar-refractivity contribution in [2.45, 2.75) is 33.2 Å². The predicted molar refractivity (Wildman–Crippen MR) is 110 cm³/mol. The number of para-hydroxylation sites is 1. The van der Waals surface area contributed by atoms with Crippen LogP contribution in [0, 0.1) is 5.41 Å². The highest BCUT2D eigenvalue weighted by atomic mass is 32.1. The number of ketones is 1.